The van der Waals surface area contributed by atoms with Crippen molar-refractivity contribution in [2.45, 2.75) is 39.2 Å². The largest absolute Gasteiger partial charge is 0.481 e. The number of likely N-dealkylation sites (N-methyl/N-ethyl adjacent to an activating group) is 2. The topological polar surface area (TPSA) is 98.7 Å². The van der Waals surface area contributed by atoms with E-state index >= 15 is 0 Å². The molecule has 0 aromatic rings. The smallest absolute Gasteiger partial charge is 0.300 e. The van der Waals surface area contributed by atoms with Gasteiger partial charge in [0.05, 0.1) is 6.04 Å². The van der Waals surface area contributed by atoms with Crippen LogP contribution >= 0.6 is 0 Å². The van der Waals surface area contributed by atoms with Crippen LogP contribution in [0.2, 0.25) is 0 Å². The molecule has 0 aromatic heterocycles. The molecule has 0 fully saturated rings. The summed E-state index contributed by atoms with van der Waals surface area (Å²) in [5.41, 5.74) is 0. The van der Waals surface area contributed by atoms with Crippen LogP contribution < -0.4 is 10.6 Å². The van der Waals surface area contributed by atoms with E-state index in [1.54, 1.807) is 7.05 Å². The Morgan fingerprint density at radius 2 is 1.65 bits per heavy atom. The molecule has 0 radical (unpaired) electrons. The SMILES string of the molecule is C[13C](=O)[15NH]CCCCC(C(=O)N[13CH3])N(C)[13CH3].[13CH3]C(=O)O. The summed E-state index contributed by atoms with van der Waals surface area (Å²) in [7, 11) is 5.44. The molecular formula is C13H27N3O4. The summed E-state index contributed by atoms with van der Waals surface area (Å²) in [4.78, 5) is 33.0. The number of carbonyl (C=O) groups is 3. The maximum atomic E-state index is 11.5. The van der Waals surface area contributed by atoms with Crippen LogP contribution in [0.15, 0.2) is 0 Å². The quantitative estimate of drug-likeness (QED) is 0.350. The molecule has 3 N–H and O–H groups in total. The van der Waals surface area contributed by atoms with Crippen molar-refractivity contribution in [2.24, 2.45) is 0 Å². The number of hydrogen-bond acceptors (Lipinski definition) is 4. The summed E-state index contributed by atoms with van der Waals surface area (Å²) in [6.45, 7) is 3.27. The molecule has 0 bridgehead atoms. The lowest BCUT2D eigenvalue weighted by atomic mass is 10.1. The number of carboxylic acid groups (broad SMARTS) is 1. The number of nitrogens with zero attached hydrogens (tertiary/aromatic N) is 1. The predicted molar refractivity (Wildman–Crippen MR) is 77.4 cm³/mol. The van der Waals surface area contributed by atoms with Gasteiger partial charge in [-0.25, -0.2) is 0 Å². The Hall–Kier alpha value is -1.63. The van der Waals surface area contributed by atoms with E-state index in [2.05, 4.69) is 10.6 Å². The number of unbranched alkanes of at least 4 members (excludes halogenated alkanes) is 1. The van der Waals surface area contributed by atoms with Gasteiger partial charge in [-0.1, -0.05) is 0 Å². The number of nitrogens with one attached hydrogen (secondary N) is 2. The molecule has 0 rings (SSSR count). The minimum atomic E-state index is -0.833. The van der Waals surface area contributed by atoms with Crippen LogP contribution in [-0.4, -0.2) is 61.5 Å². The number of amides is 2. The monoisotopic (exact) mass is 294 g/mol. The van der Waals surface area contributed by atoms with Gasteiger partial charge in [-0.2, -0.15) is 0 Å². The summed E-state index contributed by atoms with van der Waals surface area (Å²) in [6, 6.07) is -0.0812. The Labute approximate surface area is 120 Å². The van der Waals surface area contributed by atoms with E-state index in [9.17, 15) is 9.59 Å². The van der Waals surface area contributed by atoms with E-state index in [4.69, 9.17) is 9.90 Å². The van der Waals surface area contributed by atoms with E-state index in [-0.39, 0.29) is 17.9 Å². The second kappa shape index (κ2) is 12.4. The normalized spacial score (nSPS) is 11.1. The fourth-order valence-electron chi connectivity index (χ4n) is 1.52. The molecule has 0 heterocycles. The molecule has 7 nitrogen and oxygen atoms in total. The molecule has 0 aliphatic heterocycles. The van der Waals surface area contributed by atoms with Gasteiger partial charge < -0.3 is 15.7 Å². The maximum Gasteiger partial charge on any atom is 0.300 e. The fourth-order valence-corrected chi connectivity index (χ4v) is 1.52. The molecule has 0 aromatic carbocycles. The third kappa shape index (κ3) is 14.4. The van der Waals surface area contributed by atoms with Crippen LogP contribution in [0.5, 0.6) is 0 Å². The van der Waals surface area contributed by atoms with E-state index in [1.807, 2.05) is 19.0 Å². The zero-order valence-corrected chi connectivity index (χ0v) is 13.0. The van der Waals surface area contributed by atoms with Gasteiger partial charge in [0, 0.05) is 27.4 Å². The van der Waals surface area contributed by atoms with Crippen LogP contribution in [0.1, 0.15) is 33.1 Å². The number of carboxylic acids is 1. The molecule has 2 amide bonds. The highest BCUT2D eigenvalue weighted by molar-refractivity contribution is 5.81. The Morgan fingerprint density at radius 1 is 1.15 bits per heavy atom. The number of carbonyl (C=O) groups excluding carboxylic acids is 2. The van der Waals surface area contributed by atoms with Crippen molar-refractivity contribution in [1.82, 2.24) is 15.5 Å². The average molecular weight is 294 g/mol. The first kappa shape index (κ1) is 20.7. The maximum absolute atomic E-state index is 11.5. The summed E-state index contributed by atoms with van der Waals surface area (Å²) in [5.74, 6) is -0.792. The second-order valence-electron chi connectivity index (χ2n) is 4.59. The van der Waals surface area contributed by atoms with E-state index in [0.717, 1.165) is 26.2 Å². The molecule has 1 atom stereocenters. The standard InChI is InChI=1S/C11H23N3O2.C2H4O2/c1-9(15)13-8-6-5-7-10(14(3)4)11(16)12-2;1-2(3)4/h10H,5-8H2,1-4H3,(H,12,16)(H,13,15);1H3,(H,3,4)/i2+1,3+1,9+1,13+1;1+1. The van der Waals surface area contributed by atoms with E-state index in [0.29, 0.717) is 6.54 Å². The third-order valence-corrected chi connectivity index (χ3v) is 2.45. The Bertz CT molecular complexity index is 302. The Balaban J connectivity index is 0. The summed E-state index contributed by atoms with van der Waals surface area (Å²) in [6.07, 6.45) is 2.64. The lowest BCUT2D eigenvalue weighted by molar-refractivity contribution is -0.134. The molecule has 0 saturated heterocycles. The predicted octanol–water partition coefficient (Wildman–Crippen LogP) is 0.0599. The molecule has 7 heteroatoms. The van der Waals surface area contributed by atoms with Gasteiger partial charge in [-0.05, 0) is 33.4 Å². The highest BCUT2D eigenvalue weighted by atomic mass is 16.4. The van der Waals surface area contributed by atoms with Crippen molar-refractivity contribution in [1.29, 1.82) is 0 Å². The molecule has 0 spiro atoms. The van der Waals surface area contributed by atoms with Crippen LogP contribution in [-0.2, 0) is 14.4 Å². The Morgan fingerprint density at radius 3 is 2.00 bits per heavy atom. The zero-order chi connectivity index (χ0) is 16.1. The molecular weight excluding hydrogens is 267 g/mol. The molecule has 0 saturated carbocycles. The van der Waals surface area contributed by atoms with Gasteiger partial charge in [0.15, 0.2) is 0 Å². The number of rotatable bonds is 7. The van der Waals surface area contributed by atoms with Gasteiger partial charge in [-0.3, -0.25) is 19.3 Å². The van der Waals surface area contributed by atoms with E-state index < -0.39 is 5.97 Å². The van der Waals surface area contributed by atoms with E-state index in [1.165, 1.54) is 6.92 Å². The fraction of sp³-hybridized carbons (Fsp3) is 0.769. The van der Waals surface area contributed by atoms with Gasteiger partial charge in [0.2, 0.25) is 11.8 Å². The number of aliphatic carboxylic acids is 1. The van der Waals surface area contributed by atoms with Gasteiger partial charge in [0.1, 0.15) is 0 Å². The minimum absolute atomic E-state index is 0.00420. The van der Waals surface area contributed by atoms with Crippen LogP contribution in [0, 0.1) is 0 Å². The van der Waals surface area contributed by atoms with Crippen molar-refractivity contribution in [3.63, 3.8) is 0 Å². The molecule has 118 valence electrons. The summed E-state index contributed by atoms with van der Waals surface area (Å²) in [5, 5.41) is 12.8. The number of hydrogen-bond donors (Lipinski definition) is 3. The first-order valence-corrected chi connectivity index (χ1v) is 6.54. The first-order chi connectivity index (χ1) is 9.22. The van der Waals surface area contributed by atoms with Gasteiger partial charge in [-0.15, -0.1) is 0 Å². The summed E-state index contributed by atoms with van der Waals surface area (Å²) < 4.78 is 0. The molecule has 0 aliphatic carbocycles. The molecule has 1 unspecified atom stereocenters. The van der Waals surface area contributed by atoms with Crippen molar-refractivity contribution in [2.75, 3.05) is 27.7 Å². The Kier molecular flexibility index (Phi) is 12.8. The second-order valence-corrected chi connectivity index (χ2v) is 4.59. The zero-order valence-electron chi connectivity index (χ0n) is 13.0. The van der Waals surface area contributed by atoms with Crippen LogP contribution in [0.4, 0.5) is 0 Å². The van der Waals surface area contributed by atoms with Crippen molar-refractivity contribution >= 4 is 17.8 Å². The highest BCUT2D eigenvalue weighted by Crippen LogP contribution is 2.05. The van der Waals surface area contributed by atoms with Gasteiger partial charge >= 0.3 is 0 Å². The third-order valence-electron chi connectivity index (χ3n) is 2.45. The van der Waals surface area contributed by atoms with Crippen LogP contribution in [0.25, 0.3) is 0 Å². The first-order valence-electron chi connectivity index (χ1n) is 6.54. The minimum Gasteiger partial charge on any atom is -0.481 e. The average Bonchev–Trinajstić information content (AvgIpc) is 2.31. The lowest BCUT2D eigenvalue weighted by Gasteiger charge is -2.22. The highest BCUT2D eigenvalue weighted by Gasteiger charge is 2.18. The summed E-state index contributed by atoms with van der Waals surface area (Å²) >= 11 is 0. The molecule has 0 aliphatic rings. The van der Waals surface area contributed by atoms with Crippen molar-refractivity contribution in [3.05, 3.63) is 0 Å². The molecule has 20 heavy (non-hydrogen) atoms. The van der Waals surface area contributed by atoms with Crippen molar-refractivity contribution in [3.8, 4) is 0 Å². The van der Waals surface area contributed by atoms with Crippen LogP contribution in [0.3, 0.4) is 0 Å². The van der Waals surface area contributed by atoms with Crippen molar-refractivity contribution < 1.29 is 19.5 Å². The van der Waals surface area contributed by atoms with Gasteiger partial charge in [0.25, 0.3) is 5.97 Å². The lowest BCUT2D eigenvalue weighted by Crippen LogP contribution is -2.42.